The Morgan fingerprint density at radius 2 is 1.73 bits per heavy atom. The van der Waals surface area contributed by atoms with E-state index in [1.54, 1.807) is 55.1 Å². The number of aryl methyl sites for hydroxylation is 1. The Kier molecular flexibility index (Phi) is 7.94. The van der Waals surface area contributed by atoms with Crippen molar-refractivity contribution in [2.45, 2.75) is 51.6 Å². The van der Waals surface area contributed by atoms with Gasteiger partial charge in [0.1, 0.15) is 23.8 Å². The Bertz CT molecular complexity index is 1430. The maximum absolute atomic E-state index is 15.0. The number of aromatic hydroxyl groups is 1. The Balaban J connectivity index is 1.51. The van der Waals surface area contributed by atoms with Crippen molar-refractivity contribution in [3.05, 3.63) is 101 Å². The molecule has 2 heterocycles. The van der Waals surface area contributed by atoms with Gasteiger partial charge < -0.3 is 20.2 Å². The molecule has 2 saturated heterocycles. The molecule has 0 aliphatic carbocycles. The van der Waals surface area contributed by atoms with Crippen molar-refractivity contribution >= 4 is 17.8 Å². The fourth-order valence-electron chi connectivity index (χ4n) is 5.64. The number of benzene rings is 3. The van der Waals surface area contributed by atoms with E-state index in [1.807, 2.05) is 30.3 Å². The molecule has 3 aromatic rings. The van der Waals surface area contributed by atoms with Crippen LogP contribution in [0.1, 0.15) is 29.2 Å². The normalized spacial score (nSPS) is 21.2. The highest BCUT2D eigenvalue weighted by atomic mass is 19.1. The maximum Gasteiger partial charge on any atom is 0.334 e. The van der Waals surface area contributed by atoms with Crippen molar-refractivity contribution in [3.8, 4) is 5.75 Å². The summed E-state index contributed by atoms with van der Waals surface area (Å²) in [6.45, 7) is 3.76. The van der Waals surface area contributed by atoms with Gasteiger partial charge in [0.05, 0.1) is 12.6 Å². The molecule has 214 valence electrons. The number of halogens is 1. The van der Waals surface area contributed by atoms with Crippen LogP contribution in [0.4, 0.5) is 9.18 Å². The first-order valence-corrected chi connectivity index (χ1v) is 13.6. The average molecular weight is 560 g/mol. The molecule has 3 atom stereocenters. The van der Waals surface area contributed by atoms with Gasteiger partial charge in [0, 0.05) is 32.1 Å². The highest BCUT2D eigenvalue weighted by Crippen LogP contribution is 2.33. The van der Waals surface area contributed by atoms with Crippen LogP contribution in [0.25, 0.3) is 0 Å². The van der Waals surface area contributed by atoms with Crippen LogP contribution in [-0.2, 0) is 29.1 Å². The lowest BCUT2D eigenvalue weighted by Gasteiger charge is -2.57. The highest BCUT2D eigenvalue weighted by molar-refractivity contribution is 5.92. The molecule has 3 aromatic carbocycles. The second kappa shape index (κ2) is 11.6. The number of likely N-dealkylation sites (N-methyl/N-ethyl adjacent to an activating group) is 1. The summed E-state index contributed by atoms with van der Waals surface area (Å²) in [5, 5.41) is 15.8. The van der Waals surface area contributed by atoms with Gasteiger partial charge in [-0.3, -0.25) is 9.59 Å². The number of carbonyl (C=O) groups is 3. The zero-order chi connectivity index (χ0) is 29.3. The molecule has 0 radical (unpaired) electrons. The molecule has 41 heavy (non-hydrogen) atoms. The molecule has 9 nitrogen and oxygen atoms in total. The van der Waals surface area contributed by atoms with Gasteiger partial charge in [-0.05, 0) is 48.7 Å². The number of nitrogens with zero attached hydrogens (tertiary/aromatic N) is 4. The first kappa shape index (κ1) is 28.1. The van der Waals surface area contributed by atoms with Gasteiger partial charge in [-0.2, -0.15) is 0 Å². The third-order valence-corrected chi connectivity index (χ3v) is 7.79. The standard InChI is InChI=1S/C31H34FN5O4/c1-20-9-12-24(26(32)15-20)18-35-21(2)29-36(27(30(35)40)16-22-10-13-25(38)14-11-22)28(39)19-34(3)37(29)31(41)33-17-23-7-5-4-6-8-23/h4-15,21,27,29,38H,16-19H2,1-3H3,(H,33,41)/t21-,27-,29+/m0/s1. The molecular weight excluding hydrogens is 525 g/mol. The summed E-state index contributed by atoms with van der Waals surface area (Å²) >= 11 is 0. The SMILES string of the molecule is Cc1ccc(CN2C(=O)[C@H](Cc3ccc(O)cc3)N3C(=O)CN(C)N(C(=O)NCc4ccccc4)[C@@H]3[C@@H]2C)c(F)c1. The van der Waals surface area contributed by atoms with Gasteiger partial charge in [-0.1, -0.05) is 54.6 Å². The number of hydrogen-bond acceptors (Lipinski definition) is 5. The van der Waals surface area contributed by atoms with Crippen LogP contribution < -0.4 is 5.32 Å². The van der Waals surface area contributed by atoms with Gasteiger partial charge >= 0.3 is 6.03 Å². The summed E-state index contributed by atoms with van der Waals surface area (Å²) in [6.07, 6.45) is -0.658. The summed E-state index contributed by atoms with van der Waals surface area (Å²) in [6, 6.07) is 18.8. The van der Waals surface area contributed by atoms with E-state index in [2.05, 4.69) is 5.32 Å². The van der Waals surface area contributed by atoms with Gasteiger partial charge in [0.2, 0.25) is 11.8 Å². The minimum Gasteiger partial charge on any atom is -0.508 e. The molecule has 0 unspecified atom stereocenters. The Morgan fingerprint density at radius 1 is 1.02 bits per heavy atom. The topological polar surface area (TPSA) is 96.4 Å². The number of hydrogen-bond donors (Lipinski definition) is 2. The maximum atomic E-state index is 15.0. The zero-order valence-electron chi connectivity index (χ0n) is 23.3. The van der Waals surface area contributed by atoms with Gasteiger partial charge in [0.15, 0.2) is 0 Å². The number of phenols is 1. The van der Waals surface area contributed by atoms with Crippen molar-refractivity contribution < 1.29 is 23.9 Å². The number of phenolic OH excluding ortho intramolecular Hbond substituents is 1. The van der Waals surface area contributed by atoms with Crippen LogP contribution >= 0.6 is 0 Å². The van der Waals surface area contributed by atoms with Crippen LogP contribution in [0.2, 0.25) is 0 Å². The molecule has 10 heteroatoms. The van der Waals surface area contributed by atoms with Crippen molar-refractivity contribution in [2.24, 2.45) is 0 Å². The van der Waals surface area contributed by atoms with Crippen LogP contribution in [0, 0.1) is 12.7 Å². The van der Waals surface area contributed by atoms with Crippen molar-refractivity contribution in [1.29, 1.82) is 0 Å². The van der Waals surface area contributed by atoms with Gasteiger partial charge in [-0.25, -0.2) is 19.2 Å². The van der Waals surface area contributed by atoms with Crippen LogP contribution in [-0.4, -0.2) is 74.6 Å². The number of piperazine rings is 1. The molecule has 4 amide bonds. The quantitative estimate of drug-likeness (QED) is 0.483. The van der Waals surface area contributed by atoms with E-state index in [-0.39, 0.29) is 43.6 Å². The minimum atomic E-state index is -0.931. The first-order valence-electron chi connectivity index (χ1n) is 13.6. The molecule has 0 bridgehead atoms. The molecule has 0 saturated carbocycles. The predicted octanol–water partition coefficient (Wildman–Crippen LogP) is 3.41. The molecule has 2 fully saturated rings. The van der Waals surface area contributed by atoms with E-state index in [1.165, 1.54) is 28.1 Å². The first-order chi connectivity index (χ1) is 19.6. The van der Waals surface area contributed by atoms with Gasteiger partial charge in [0.25, 0.3) is 0 Å². The van der Waals surface area contributed by atoms with E-state index in [0.29, 0.717) is 5.56 Å². The second-order valence-electron chi connectivity index (χ2n) is 10.7. The summed E-state index contributed by atoms with van der Waals surface area (Å²) in [5.74, 6) is -0.945. The molecular formula is C31H34FN5O4. The lowest BCUT2D eigenvalue weighted by molar-refractivity contribution is -0.196. The summed E-state index contributed by atoms with van der Waals surface area (Å²) in [5.41, 5.74) is 2.77. The smallest absolute Gasteiger partial charge is 0.334 e. The lowest BCUT2D eigenvalue weighted by Crippen LogP contribution is -2.78. The average Bonchev–Trinajstić information content (AvgIpc) is 2.94. The Hall–Kier alpha value is -4.44. The van der Waals surface area contributed by atoms with Crippen molar-refractivity contribution in [3.63, 3.8) is 0 Å². The molecule has 2 aliphatic heterocycles. The summed E-state index contributed by atoms with van der Waals surface area (Å²) in [4.78, 5) is 44.4. The van der Waals surface area contributed by atoms with E-state index >= 15 is 0 Å². The van der Waals surface area contributed by atoms with Crippen LogP contribution in [0.3, 0.4) is 0 Å². The number of urea groups is 1. The van der Waals surface area contributed by atoms with Crippen molar-refractivity contribution in [2.75, 3.05) is 13.6 Å². The fraction of sp³-hybridized carbons (Fsp3) is 0.323. The van der Waals surface area contributed by atoms with E-state index in [4.69, 9.17) is 0 Å². The number of carbonyl (C=O) groups excluding carboxylic acids is 3. The van der Waals surface area contributed by atoms with E-state index in [0.717, 1.165) is 16.7 Å². The molecule has 2 N–H and O–H groups in total. The van der Waals surface area contributed by atoms with Crippen molar-refractivity contribution in [1.82, 2.24) is 25.1 Å². The number of fused-ring (bicyclic) bond motifs is 1. The fourth-order valence-corrected chi connectivity index (χ4v) is 5.64. The minimum absolute atomic E-state index is 0.0140. The highest BCUT2D eigenvalue weighted by Gasteiger charge is 2.54. The number of nitrogens with one attached hydrogen (secondary N) is 1. The van der Waals surface area contributed by atoms with E-state index < -0.39 is 30.1 Å². The monoisotopic (exact) mass is 559 g/mol. The Morgan fingerprint density at radius 3 is 2.41 bits per heavy atom. The third-order valence-electron chi connectivity index (χ3n) is 7.79. The van der Waals surface area contributed by atoms with Crippen LogP contribution in [0.15, 0.2) is 72.8 Å². The molecule has 0 aromatic heterocycles. The number of amides is 4. The zero-order valence-corrected chi connectivity index (χ0v) is 23.3. The molecule has 0 spiro atoms. The summed E-state index contributed by atoms with van der Waals surface area (Å²) in [7, 11) is 1.67. The van der Waals surface area contributed by atoms with Gasteiger partial charge in [-0.15, -0.1) is 0 Å². The largest absolute Gasteiger partial charge is 0.508 e. The number of rotatable bonds is 6. The second-order valence-corrected chi connectivity index (χ2v) is 10.7. The van der Waals surface area contributed by atoms with E-state index in [9.17, 15) is 23.9 Å². The van der Waals surface area contributed by atoms with Crippen LogP contribution in [0.5, 0.6) is 5.75 Å². The molecule has 2 aliphatic rings. The lowest BCUT2D eigenvalue weighted by atomic mass is 9.94. The predicted molar refractivity (Wildman–Crippen MR) is 151 cm³/mol. The summed E-state index contributed by atoms with van der Waals surface area (Å²) < 4.78 is 15.0. The third kappa shape index (κ3) is 5.74. The molecule has 5 rings (SSSR count). The number of hydrazine groups is 1. The Labute approximate surface area is 238 Å².